The minimum atomic E-state index is 0.573. The highest BCUT2D eigenvalue weighted by Crippen LogP contribution is 2.42. The van der Waals surface area contributed by atoms with Gasteiger partial charge in [-0.25, -0.2) is 0 Å². The van der Waals surface area contributed by atoms with Crippen LogP contribution in [-0.4, -0.2) is 0 Å². The second-order valence-electron chi connectivity index (χ2n) is 5.15. The lowest BCUT2D eigenvalue weighted by Crippen LogP contribution is -2.24. The van der Waals surface area contributed by atoms with Crippen molar-refractivity contribution in [3.05, 3.63) is 12.2 Å². The van der Waals surface area contributed by atoms with E-state index < -0.39 is 0 Å². The van der Waals surface area contributed by atoms with Crippen LogP contribution in [0.15, 0.2) is 12.2 Å². The minimum absolute atomic E-state index is 0.573. The van der Waals surface area contributed by atoms with Gasteiger partial charge < -0.3 is 0 Å². The molecule has 0 nitrogen and oxygen atoms in total. The highest BCUT2D eigenvalue weighted by Gasteiger charge is 2.29. The van der Waals surface area contributed by atoms with Crippen molar-refractivity contribution < 1.29 is 0 Å². The summed E-state index contributed by atoms with van der Waals surface area (Å²) in [6.07, 6.45) is 6.90. The molecule has 0 aromatic heterocycles. The van der Waals surface area contributed by atoms with Gasteiger partial charge in [-0.2, -0.15) is 0 Å². The van der Waals surface area contributed by atoms with Gasteiger partial charge in [-0.1, -0.05) is 32.3 Å². The largest absolute Gasteiger partial charge is 0.100 e. The molecule has 0 amide bonds. The van der Waals surface area contributed by atoms with Gasteiger partial charge in [-0.15, -0.1) is 6.58 Å². The van der Waals surface area contributed by atoms with E-state index in [1.54, 1.807) is 0 Å². The van der Waals surface area contributed by atoms with Crippen molar-refractivity contribution in [2.45, 2.75) is 52.9 Å². The summed E-state index contributed by atoms with van der Waals surface area (Å²) in [7, 11) is 0. The molecule has 2 unspecified atom stereocenters. The molecule has 0 spiro atoms. The maximum atomic E-state index is 4.02. The molecule has 0 saturated heterocycles. The lowest BCUT2D eigenvalue weighted by atomic mass is 9.68. The highest BCUT2D eigenvalue weighted by molar-refractivity contribution is 4.96. The lowest BCUT2D eigenvalue weighted by Gasteiger charge is -2.37. The molecule has 1 saturated carbocycles. The Kier molecular flexibility index (Phi) is 2.98. The molecule has 2 atom stereocenters. The molecule has 70 valence electrons. The average Bonchev–Trinajstić information content (AvgIpc) is 1.82. The Morgan fingerprint density at radius 1 is 1.58 bits per heavy atom. The molecule has 0 N–H and O–H groups in total. The average molecular weight is 166 g/mol. The molecule has 0 bridgehead atoms. The number of hydrogen-bond acceptors (Lipinski definition) is 0. The van der Waals surface area contributed by atoms with Crippen LogP contribution in [-0.2, 0) is 0 Å². The molecular weight excluding hydrogens is 144 g/mol. The Morgan fingerprint density at radius 3 is 2.75 bits per heavy atom. The van der Waals surface area contributed by atoms with Crippen molar-refractivity contribution in [3.8, 4) is 0 Å². The summed E-state index contributed by atoms with van der Waals surface area (Å²) in [5, 5.41) is 0. The van der Waals surface area contributed by atoms with Gasteiger partial charge in [0.2, 0.25) is 0 Å². The second-order valence-corrected chi connectivity index (χ2v) is 5.15. The van der Waals surface area contributed by atoms with Crippen molar-refractivity contribution in [2.24, 2.45) is 11.3 Å². The third kappa shape index (κ3) is 2.66. The van der Waals surface area contributed by atoms with E-state index in [0.29, 0.717) is 5.41 Å². The van der Waals surface area contributed by atoms with Crippen molar-refractivity contribution >= 4 is 0 Å². The number of hydrogen-bond donors (Lipinski definition) is 0. The first-order valence-corrected chi connectivity index (χ1v) is 5.16. The second kappa shape index (κ2) is 3.64. The van der Waals surface area contributed by atoms with Gasteiger partial charge in [-0.3, -0.25) is 0 Å². The van der Waals surface area contributed by atoms with E-state index in [1.807, 2.05) is 0 Å². The molecule has 12 heavy (non-hydrogen) atoms. The molecular formula is C12H22. The van der Waals surface area contributed by atoms with Gasteiger partial charge >= 0.3 is 0 Å². The van der Waals surface area contributed by atoms with E-state index in [0.717, 1.165) is 5.92 Å². The summed E-state index contributed by atoms with van der Waals surface area (Å²) in [6, 6.07) is 0. The van der Waals surface area contributed by atoms with Gasteiger partial charge in [-0.05, 0) is 37.5 Å². The van der Waals surface area contributed by atoms with E-state index in [2.05, 4.69) is 27.4 Å². The lowest BCUT2D eigenvalue weighted by molar-refractivity contribution is 0.167. The van der Waals surface area contributed by atoms with Crippen molar-refractivity contribution in [1.82, 2.24) is 0 Å². The molecule has 1 aliphatic rings. The van der Waals surface area contributed by atoms with Crippen LogP contribution in [0.2, 0.25) is 0 Å². The standard InChI is InChI=1S/C12H22/c1-10(2)8-12(4)7-5-6-11(3)9-12/h11H,1,5-9H2,2-4H3. The van der Waals surface area contributed by atoms with Gasteiger partial charge in [0.15, 0.2) is 0 Å². The van der Waals surface area contributed by atoms with Crippen molar-refractivity contribution in [2.75, 3.05) is 0 Å². The molecule has 1 fully saturated rings. The van der Waals surface area contributed by atoms with Gasteiger partial charge in [0.1, 0.15) is 0 Å². The van der Waals surface area contributed by atoms with E-state index in [1.165, 1.54) is 37.7 Å². The van der Waals surface area contributed by atoms with Crippen LogP contribution in [0, 0.1) is 11.3 Å². The molecule has 0 aromatic carbocycles. The zero-order valence-electron chi connectivity index (χ0n) is 8.82. The summed E-state index contributed by atoms with van der Waals surface area (Å²) >= 11 is 0. The van der Waals surface area contributed by atoms with Crippen molar-refractivity contribution in [1.29, 1.82) is 0 Å². The zero-order valence-corrected chi connectivity index (χ0v) is 8.82. The highest BCUT2D eigenvalue weighted by atomic mass is 14.3. The van der Waals surface area contributed by atoms with Crippen LogP contribution < -0.4 is 0 Å². The molecule has 0 aliphatic heterocycles. The molecule has 1 aliphatic carbocycles. The quantitative estimate of drug-likeness (QED) is 0.540. The Labute approximate surface area is 77.1 Å². The Bertz CT molecular complexity index is 169. The Balaban J connectivity index is 2.51. The van der Waals surface area contributed by atoms with Crippen LogP contribution in [0.1, 0.15) is 52.9 Å². The van der Waals surface area contributed by atoms with Gasteiger partial charge in [0.05, 0.1) is 0 Å². The summed E-state index contributed by atoms with van der Waals surface area (Å²) in [6.45, 7) is 11.0. The van der Waals surface area contributed by atoms with Crippen LogP contribution in [0.3, 0.4) is 0 Å². The Hall–Kier alpha value is -0.260. The molecule has 0 heteroatoms. The van der Waals surface area contributed by atoms with E-state index in [4.69, 9.17) is 0 Å². The third-order valence-corrected chi connectivity index (χ3v) is 3.05. The molecule has 1 rings (SSSR count). The first-order valence-electron chi connectivity index (χ1n) is 5.16. The predicted molar refractivity (Wildman–Crippen MR) is 55.2 cm³/mol. The first-order chi connectivity index (χ1) is 5.52. The molecule has 0 radical (unpaired) electrons. The number of allylic oxidation sites excluding steroid dienone is 1. The van der Waals surface area contributed by atoms with Crippen LogP contribution in [0.5, 0.6) is 0 Å². The van der Waals surface area contributed by atoms with Gasteiger partial charge in [0, 0.05) is 0 Å². The molecule has 0 heterocycles. The first kappa shape index (κ1) is 9.83. The van der Waals surface area contributed by atoms with Crippen LogP contribution in [0.25, 0.3) is 0 Å². The maximum Gasteiger partial charge on any atom is -0.0271 e. The predicted octanol–water partition coefficient (Wildman–Crippen LogP) is 4.17. The summed E-state index contributed by atoms with van der Waals surface area (Å²) in [5.41, 5.74) is 1.93. The molecule has 0 aromatic rings. The summed E-state index contributed by atoms with van der Waals surface area (Å²) < 4.78 is 0. The topological polar surface area (TPSA) is 0 Å². The fourth-order valence-electron chi connectivity index (χ4n) is 2.81. The van der Waals surface area contributed by atoms with Crippen molar-refractivity contribution in [3.63, 3.8) is 0 Å². The monoisotopic (exact) mass is 166 g/mol. The van der Waals surface area contributed by atoms with Gasteiger partial charge in [0.25, 0.3) is 0 Å². The van der Waals surface area contributed by atoms with E-state index >= 15 is 0 Å². The van der Waals surface area contributed by atoms with E-state index in [9.17, 15) is 0 Å². The summed E-state index contributed by atoms with van der Waals surface area (Å²) in [5.74, 6) is 0.933. The zero-order chi connectivity index (χ0) is 9.19. The van der Waals surface area contributed by atoms with E-state index in [-0.39, 0.29) is 0 Å². The SMILES string of the molecule is C=C(C)CC1(C)CCCC(C)C1. The van der Waals surface area contributed by atoms with Crippen LogP contribution >= 0.6 is 0 Å². The Morgan fingerprint density at radius 2 is 2.25 bits per heavy atom. The fraction of sp³-hybridized carbons (Fsp3) is 0.833. The normalized spacial score (nSPS) is 36.4. The minimum Gasteiger partial charge on any atom is -0.100 e. The summed E-state index contributed by atoms with van der Waals surface area (Å²) in [4.78, 5) is 0. The smallest absolute Gasteiger partial charge is 0.0271 e. The fourth-order valence-corrected chi connectivity index (χ4v) is 2.81. The maximum absolute atomic E-state index is 4.02. The third-order valence-electron chi connectivity index (χ3n) is 3.05. The van der Waals surface area contributed by atoms with Crippen LogP contribution in [0.4, 0.5) is 0 Å². The number of rotatable bonds is 2.